The van der Waals surface area contributed by atoms with Crippen molar-refractivity contribution in [3.8, 4) is 0 Å². The van der Waals surface area contributed by atoms with E-state index in [1.54, 1.807) is 0 Å². The second-order valence-corrected chi connectivity index (χ2v) is 6.27. The Morgan fingerprint density at radius 2 is 1.95 bits per heavy atom. The Balaban J connectivity index is 2.06. The molecule has 2 fully saturated rings. The number of nitrogens with one attached hydrogen (secondary N) is 1. The fraction of sp³-hybridized carbons (Fsp3) is 1.00. The fourth-order valence-electron chi connectivity index (χ4n) is 3.58. The summed E-state index contributed by atoms with van der Waals surface area (Å²) in [5.74, 6) is 0.631. The third-order valence-electron chi connectivity index (χ3n) is 4.68. The molecule has 0 spiro atoms. The molecule has 0 saturated carbocycles. The van der Waals surface area contributed by atoms with Crippen LogP contribution in [0.25, 0.3) is 0 Å². The van der Waals surface area contributed by atoms with Gasteiger partial charge in [-0.05, 0) is 39.2 Å². The minimum absolute atomic E-state index is 0.158. The van der Waals surface area contributed by atoms with Crippen LogP contribution in [0.15, 0.2) is 0 Å². The summed E-state index contributed by atoms with van der Waals surface area (Å²) in [5, 5.41) is 3.73. The Kier molecular flexibility index (Phi) is 5.63. The average molecular weight is 270 g/mol. The first kappa shape index (κ1) is 15.2. The van der Waals surface area contributed by atoms with Gasteiger partial charge in [0.25, 0.3) is 0 Å². The van der Waals surface area contributed by atoms with E-state index in [4.69, 9.17) is 9.47 Å². The maximum atomic E-state index is 5.71. The lowest BCUT2D eigenvalue weighted by Crippen LogP contribution is -2.63. The van der Waals surface area contributed by atoms with Crippen molar-refractivity contribution in [1.29, 1.82) is 0 Å². The van der Waals surface area contributed by atoms with E-state index in [0.717, 1.165) is 46.1 Å². The first-order valence-corrected chi connectivity index (χ1v) is 7.80. The Morgan fingerprint density at radius 1 is 1.21 bits per heavy atom. The number of rotatable bonds is 5. The standard InChI is InChI=1S/C15H30N2O2/c1-4-16-14(13-6-5-9-19-12-13)15(2,3)17-7-10-18-11-8-17/h13-14,16H,4-12H2,1-3H3. The van der Waals surface area contributed by atoms with Gasteiger partial charge < -0.3 is 14.8 Å². The molecule has 0 aromatic heterocycles. The Hall–Kier alpha value is -0.160. The van der Waals surface area contributed by atoms with Crippen LogP contribution in [-0.2, 0) is 9.47 Å². The normalized spacial score (nSPS) is 28.3. The molecule has 2 saturated heterocycles. The van der Waals surface area contributed by atoms with Crippen molar-refractivity contribution in [1.82, 2.24) is 10.2 Å². The highest BCUT2D eigenvalue weighted by Gasteiger charge is 2.40. The summed E-state index contributed by atoms with van der Waals surface area (Å²) >= 11 is 0. The summed E-state index contributed by atoms with van der Waals surface area (Å²) in [6, 6.07) is 0.496. The zero-order chi connectivity index (χ0) is 13.7. The lowest BCUT2D eigenvalue weighted by Gasteiger charge is -2.49. The highest BCUT2D eigenvalue weighted by molar-refractivity contribution is 4.98. The number of hydrogen-bond donors (Lipinski definition) is 1. The SMILES string of the molecule is CCNC(C1CCCOC1)C(C)(C)N1CCOCC1. The number of ether oxygens (including phenoxy) is 2. The molecule has 2 aliphatic rings. The molecule has 2 unspecified atom stereocenters. The molecule has 0 amide bonds. The van der Waals surface area contributed by atoms with Crippen molar-refractivity contribution in [2.45, 2.75) is 45.2 Å². The van der Waals surface area contributed by atoms with E-state index in [1.165, 1.54) is 12.8 Å². The van der Waals surface area contributed by atoms with E-state index in [1.807, 2.05) is 0 Å². The van der Waals surface area contributed by atoms with Gasteiger partial charge in [-0.25, -0.2) is 0 Å². The molecule has 1 N–H and O–H groups in total. The van der Waals surface area contributed by atoms with Gasteiger partial charge >= 0.3 is 0 Å². The van der Waals surface area contributed by atoms with Crippen molar-refractivity contribution in [2.24, 2.45) is 5.92 Å². The van der Waals surface area contributed by atoms with Crippen molar-refractivity contribution < 1.29 is 9.47 Å². The van der Waals surface area contributed by atoms with Crippen LogP contribution in [0.5, 0.6) is 0 Å². The number of likely N-dealkylation sites (N-methyl/N-ethyl adjacent to an activating group) is 1. The second kappa shape index (κ2) is 7.02. The van der Waals surface area contributed by atoms with Crippen LogP contribution in [0.2, 0.25) is 0 Å². The van der Waals surface area contributed by atoms with Gasteiger partial charge in [0, 0.05) is 31.3 Å². The lowest BCUT2D eigenvalue weighted by atomic mass is 9.80. The van der Waals surface area contributed by atoms with Gasteiger partial charge in [0.2, 0.25) is 0 Å². The molecular formula is C15H30N2O2. The predicted molar refractivity (Wildman–Crippen MR) is 77.5 cm³/mol. The lowest BCUT2D eigenvalue weighted by molar-refractivity contribution is -0.0487. The number of nitrogens with zero attached hydrogens (tertiary/aromatic N) is 1. The summed E-state index contributed by atoms with van der Waals surface area (Å²) in [5.41, 5.74) is 0.158. The van der Waals surface area contributed by atoms with Gasteiger partial charge in [-0.3, -0.25) is 4.90 Å². The first-order valence-electron chi connectivity index (χ1n) is 7.80. The van der Waals surface area contributed by atoms with E-state index < -0.39 is 0 Å². The molecule has 0 aromatic carbocycles. The van der Waals surface area contributed by atoms with E-state index in [2.05, 4.69) is 31.0 Å². The van der Waals surface area contributed by atoms with Crippen molar-refractivity contribution in [2.75, 3.05) is 46.1 Å². The summed E-state index contributed by atoms with van der Waals surface area (Å²) in [7, 11) is 0. The monoisotopic (exact) mass is 270 g/mol. The second-order valence-electron chi connectivity index (χ2n) is 6.27. The highest BCUT2D eigenvalue weighted by atomic mass is 16.5. The average Bonchev–Trinajstić information content (AvgIpc) is 2.46. The van der Waals surface area contributed by atoms with Crippen LogP contribution in [0.1, 0.15) is 33.6 Å². The predicted octanol–water partition coefficient (Wildman–Crippen LogP) is 1.50. The Bertz CT molecular complexity index is 259. The van der Waals surface area contributed by atoms with Crippen LogP contribution in [0, 0.1) is 5.92 Å². The van der Waals surface area contributed by atoms with Crippen LogP contribution in [0.4, 0.5) is 0 Å². The summed E-state index contributed by atoms with van der Waals surface area (Å²) in [6.07, 6.45) is 2.48. The van der Waals surface area contributed by atoms with Crippen LogP contribution in [0.3, 0.4) is 0 Å². The summed E-state index contributed by atoms with van der Waals surface area (Å²) in [6.45, 7) is 13.6. The largest absolute Gasteiger partial charge is 0.381 e. The zero-order valence-corrected chi connectivity index (χ0v) is 12.8. The van der Waals surface area contributed by atoms with Crippen LogP contribution < -0.4 is 5.32 Å². The summed E-state index contributed by atoms with van der Waals surface area (Å²) in [4.78, 5) is 2.58. The quantitative estimate of drug-likeness (QED) is 0.821. The molecule has 2 atom stereocenters. The number of hydrogen-bond acceptors (Lipinski definition) is 4. The molecule has 19 heavy (non-hydrogen) atoms. The third-order valence-corrected chi connectivity index (χ3v) is 4.68. The van der Waals surface area contributed by atoms with Gasteiger partial charge in [-0.15, -0.1) is 0 Å². The minimum Gasteiger partial charge on any atom is -0.381 e. The van der Waals surface area contributed by atoms with Gasteiger partial charge in [-0.1, -0.05) is 6.92 Å². The Labute approximate surface area is 117 Å². The highest BCUT2D eigenvalue weighted by Crippen LogP contribution is 2.29. The molecule has 0 aromatic rings. The first-order chi connectivity index (χ1) is 9.16. The topological polar surface area (TPSA) is 33.7 Å². The summed E-state index contributed by atoms with van der Waals surface area (Å²) < 4.78 is 11.2. The molecule has 112 valence electrons. The molecule has 4 heteroatoms. The van der Waals surface area contributed by atoms with Crippen molar-refractivity contribution in [3.05, 3.63) is 0 Å². The van der Waals surface area contributed by atoms with Gasteiger partial charge in [0.15, 0.2) is 0 Å². The van der Waals surface area contributed by atoms with E-state index in [-0.39, 0.29) is 5.54 Å². The molecule has 0 bridgehead atoms. The molecule has 0 radical (unpaired) electrons. The van der Waals surface area contributed by atoms with Gasteiger partial charge in [0.1, 0.15) is 0 Å². The smallest absolute Gasteiger partial charge is 0.0594 e. The number of morpholine rings is 1. The zero-order valence-electron chi connectivity index (χ0n) is 12.8. The molecule has 0 aliphatic carbocycles. The molecular weight excluding hydrogens is 240 g/mol. The fourth-order valence-corrected chi connectivity index (χ4v) is 3.58. The van der Waals surface area contributed by atoms with Crippen molar-refractivity contribution >= 4 is 0 Å². The maximum Gasteiger partial charge on any atom is 0.0594 e. The molecule has 2 rings (SSSR count). The van der Waals surface area contributed by atoms with E-state index in [0.29, 0.717) is 12.0 Å². The molecule has 4 nitrogen and oxygen atoms in total. The van der Waals surface area contributed by atoms with Gasteiger partial charge in [0.05, 0.1) is 19.8 Å². The molecule has 2 aliphatic heterocycles. The van der Waals surface area contributed by atoms with Gasteiger partial charge in [-0.2, -0.15) is 0 Å². The van der Waals surface area contributed by atoms with Crippen LogP contribution in [-0.4, -0.2) is 62.5 Å². The van der Waals surface area contributed by atoms with E-state index in [9.17, 15) is 0 Å². The minimum atomic E-state index is 0.158. The molecule has 2 heterocycles. The van der Waals surface area contributed by atoms with Crippen LogP contribution >= 0.6 is 0 Å². The third kappa shape index (κ3) is 3.69. The maximum absolute atomic E-state index is 5.71. The Morgan fingerprint density at radius 3 is 2.53 bits per heavy atom. The van der Waals surface area contributed by atoms with Crippen molar-refractivity contribution in [3.63, 3.8) is 0 Å². The van der Waals surface area contributed by atoms with E-state index >= 15 is 0 Å².